The van der Waals surface area contributed by atoms with Crippen molar-refractivity contribution in [1.29, 1.82) is 0 Å². The molecule has 0 aromatic carbocycles. The fraction of sp³-hybridized carbons (Fsp3) is 0.500. The third-order valence-corrected chi connectivity index (χ3v) is 4.45. The number of halogens is 4. The first-order valence-corrected chi connectivity index (χ1v) is 7.06. The third-order valence-electron chi connectivity index (χ3n) is 2.22. The molecule has 9 heteroatoms. The van der Waals surface area contributed by atoms with E-state index in [0.29, 0.717) is 4.31 Å². The fourth-order valence-electron chi connectivity index (χ4n) is 1.37. The molecule has 0 saturated heterocycles. The highest BCUT2D eigenvalue weighted by atomic mass is 35.5. The van der Waals surface area contributed by atoms with E-state index < -0.39 is 28.8 Å². The summed E-state index contributed by atoms with van der Waals surface area (Å²) in [6.45, 7) is 1.19. The van der Waals surface area contributed by atoms with Gasteiger partial charge in [-0.25, -0.2) is 13.4 Å². The maximum Gasteiger partial charge on any atom is 0.402 e. The minimum absolute atomic E-state index is 0.0610. The summed E-state index contributed by atoms with van der Waals surface area (Å²) in [7, 11) is -4.26. The number of nitrogens with zero attached hydrogens (tertiary/aromatic N) is 2. The SMILES string of the molecule is CC(C)N(CC(F)(F)F)S(=O)(=O)c1ccc(Cl)nc1. The molecule has 1 aromatic rings. The smallest absolute Gasteiger partial charge is 0.243 e. The summed E-state index contributed by atoms with van der Waals surface area (Å²) >= 11 is 5.51. The Hall–Kier alpha value is -0.860. The molecule has 19 heavy (non-hydrogen) atoms. The Morgan fingerprint density at radius 1 is 1.37 bits per heavy atom. The number of sulfonamides is 1. The van der Waals surface area contributed by atoms with Crippen LogP contribution >= 0.6 is 11.6 Å². The lowest BCUT2D eigenvalue weighted by atomic mass is 10.4. The molecule has 0 aliphatic heterocycles. The first-order chi connectivity index (χ1) is 8.54. The minimum atomic E-state index is -4.61. The summed E-state index contributed by atoms with van der Waals surface area (Å²) in [6.07, 6.45) is -3.68. The van der Waals surface area contributed by atoms with E-state index in [1.54, 1.807) is 0 Å². The lowest BCUT2D eigenvalue weighted by Crippen LogP contribution is -2.43. The highest BCUT2D eigenvalue weighted by molar-refractivity contribution is 7.89. The van der Waals surface area contributed by atoms with E-state index in [4.69, 9.17) is 11.6 Å². The first kappa shape index (κ1) is 16.2. The van der Waals surface area contributed by atoms with E-state index in [1.807, 2.05) is 0 Å². The summed E-state index contributed by atoms with van der Waals surface area (Å²) < 4.78 is 61.9. The van der Waals surface area contributed by atoms with Crippen LogP contribution in [0.2, 0.25) is 5.15 Å². The monoisotopic (exact) mass is 316 g/mol. The molecule has 4 nitrogen and oxygen atoms in total. The lowest BCUT2D eigenvalue weighted by Gasteiger charge is -2.26. The van der Waals surface area contributed by atoms with Crippen molar-refractivity contribution >= 4 is 21.6 Å². The van der Waals surface area contributed by atoms with Gasteiger partial charge in [-0.1, -0.05) is 11.6 Å². The zero-order valence-electron chi connectivity index (χ0n) is 10.1. The predicted molar refractivity (Wildman–Crippen MR) is 64.3 cm³/mol. The maximum atomic E-state index is 12.4. The van der Waals surface area contributed by atoms with Gasteiger partial charge >= 0.3 is 6.18 Å². The molecule has 0 amide bonds. The van der Waals surface area contributed by atoms with E-state index in [-0.39, 0.29) is 10.0 Å². The highest BCUT2D eigenvalue weighted by Gasteiger charge is 2.38. The second-order valence-corrected chi connectivity index (χ2v) is 6.35. The Morgan fingerprint density at radius 3 is 2.32 bits per heavy atom. The average Bonchev–Trinajstić information content (AvgIpc) is 2.25. The number of alkyl halides is 3. The Balaban J connectivity index is 3.17. The molecule has 0 radical (unpaired) electrons. The molecule has 0 spiro atoms. The fourth-order valence-corrected chi connectivity index (χ4v) is 3.05. The van der Waals surface area contributed by atoms with Crippen molar-refractivity contribution < 1.29 is 21.6 Å². The zero-order chi connectivity index (χ0) is 14.8. The van der Waals surface area contributed by atoms with Crippen LogP contribution in [0.3, 0.4) is 0 Å². The van der Waals surface area contributed by atoms with Crippen LogP contribution in [-0.4, -0.2) is 36.5 Å². The van der Waals surface area contributed by atoms with Crippen LogP contribution in [0.5, 0.6) is 0 Å². The van der Waals surface area contributed by atoms with Crippen LogP contribution in [0.1, 0.15) is 13.8 Å². The number of hydrogen-bond acceptors (Lipinski definition) is 3. The van der Waals surface area contributed by atoms with Crippen molar-refractivity contribution in [3.8, 4) is 0 Å². The summed E-state index contributed by atoms with van der Waals surface area (Å²) in [6, 6.07) is 1.50. The van der Waals surface area contributed by atoms with Crippen LogP contribution in [0.25, 0.3) is 0 Å². The Kier molecular flexibility index (Phi) is 4.81. The van der Waals surface area contributed by atoms with Crippen LogP contribution in [0.15, 0.2) is 23.2 Å². The van der Waals surface area contributed by atoms with Crippen molar-refractivity contribution in [2.45, 2.75) is 31.0 Å². The molecule has 0 N–H and O–H groups in total. The molecule has 1 rings (SSSR count). The van der Waals surface area contributed by atoms with E-state index in [0.717, 1.165) is 12.3 Å². The Labute approximate surface area is 114 Å². The predicted octanol–water partition coefficient (Wildman–Crippen LogP) is 2.70. The molecule has 0 aliphatic rings. The third kappa shape index (κ3) is 4.32. The maximum absolute atomic E-state index is 12.4. The molecule has 1 aromatic heterocycles. The van der Waals surface area contributed by atoms with Gasteiger partial charge in [0.2, 0.25) is 10.0 Å². The van der Waals surface area contributed by atoms with Gasteiger partial charge in [0.15, 0.2) is 0 Å². The quantitative estimate of drug-likeness (QED) is 0.803. The van der Waals surface area contributed by atoms with Gasteiger partial charge in [-0.05, 0) is 26.0 Å². The van der Waals surface area contributed by atoms with E-state index in [2.05, 4.69) is 4.98 Å². The molecule has 0 fully saturated rings. The standard InChI is InChI=1S/C10H12ClF3N2O2S/c1-7(2)16(6-10(12,13)14)19(17,18)8-3-4-9(11)15-5-8/h3-5,7H,6H2,1-2H3. The van der Waals surface area contributed by atoms with Crippen LogP contribution < -0.4 is 0 Å². The highest BCUT2D eigenvalue weighted by Crippen LogP contribution is 2.24. The number of pyridine rings is 1. The van der Waals surface area contributed by atoms with Gasteiger partial charge in [-0.15, -0.1) is 0 Å². The van der Waals surface area contributed by atoms with Gasteiger partial charge in [0.1, 0.15) is 16.6 Å². The summed E-state index contributed by atoms with van der Waals surface area (Å²) in [5.74, 6) is 0. The van der Waals surface area contributed by atoms with Crippen LogP contribution in [-0.2, 0) is 10.0 Å². The Bertz CT molecular complexity index is 529. The molecule has 0 aliphatic carbocycles. The number of rotatable bonds is 4. The van der Waals surface area contributed by atoms with Crippen LogP contribution in [0.4, 0.5) is 13.2 Å². The van der Waals surface area contributed by atoms with Gasteiger partial charge in [0.25, 0.3) is 0 Å². The van der Waals surface area contributed by atoms with E-state index >= 15 is 0 Å². The van der Waals surface area contributed by atoms with E-state index in [9.17, 15) is 21.6 Å². The van der Waals surface area contributed by atoms with Gasteiger partial charge < -0.3 is 0 Å². The van der Waals surface area contributed by atoms with Crippen molar-refractivity contribution in [3.05, 3.63) is 23.5 Å². The summed E-state index contributed by atoms with van der Waals surface area (Å²) in [5.41, 5.74) is 0. The van der Waals surface area contributed by atoms with Crippen molar-refractivity contribution in [2.24, 2.45) is 0 Å². The molecule has 0 bridgehead atoms. The lowest BCUT2D eigenvalue weighted by molar-refractivity contribution is -0.138. The number of hydrogen-bond donors (Lipinski definition) is 0. The van der Waals surface area contributed by atoms with Gasteiger partial charge in [-0.3, -0.25) is 0 Å². The molecular weight excluding hydrogens is 305 g/mol. The van der Waals surface area contributed by atoms with Gasteiger partial charge in [0, 0.05) is 12.2 Å². The van der Waals surface area contributed by atoms with Gasteiger partial charge in [0.05, 0.1) is 0 Å². The normalized spacial score (nSPS) is 13.3. The molecule has 0 atom stereocenters. The van der Waals surface area contributed by atoms with Crippen molar-refractivity contribution in [2.75, 3.05) is 6.54 Å². The Morgan fingerprint density at radius 2 is 1.95 bits per heavy atom. The zero-order valence-corrected chi connectivity index (χ0v) is 11.7. The second-order valence-electron chi connectivity index (χ2n) is 4.08. The molecular formula is C10H12ClF3N2O2S. The topological polar surface area (TPSA) is 50.3 Å². The van der Waals surface area contributed by atoms with Crippen molar-refractivity contribution in [1.82, 2.24) is 9.29 Å². The number of aromatic nitrogens is 1. The first-order valence-electron chi connectivity index (χ1n) is 5.24. The van der Waals surface area contributed by atoms with Crippen LogP contribution in [0, 0.1) is 0 Å². The molecule has 0 saturated carbocycles. The van der Waals surface area contributed by atoms with Gasteiger partial charge in [-0.2, -0.15) is 17.5 Å². The minimum Gasteiger partial charge on any atom is -0.243 e. The molecule has 108 valence electrons. The summed E-state index contributed by atoms with van der Waals surface area (Å²) in [4.78, 5) is 3.24. The molecule has 0 unspecified atom stereocenters. The molecule has 1 heterocycles. The average molecular weight is 317 g/mol. The second kappa shape index (κ2) is 5.64. The van der Waals surface area contributed by atoms with Crippen molar-refractivity contribution in [3.63, 3.8) is 0 Å². The summed E-state index contributed by atoms with van der Waals surface area (Å²) in [5, 5.41) is 0.0610. The largest absolute Gasteiger partial charge is 0.402 e. The van der Waals surface area contributed by atoms with E-state index in [1.165, 1.54) is 19.9 Å².